The van der Waals surface area contributed by atoms with E-state index in [2.05, 4.69) is 4.98 Å². The van der Waals surface area contributed by atoms with Crippen molar-refractivity contribution in [1.82, 2.24) is 4.98 Å². The topological polar surface area (TPSA) is 55.5 Å². The first-order valence-electron chi connectivity index (χ1n) is 6.51. The molecule has 0 fully saturated rings. The molecule has 4 nitrogen and oxygen atoms in total. The van der Waals surface area contributed by atoms with Gasteiger partial charge in [0.15, 0.2) is 0 Å². The Bertz CT molecular complexity index is 720. The minimum absolute atomic E-state index is 0.565. The molecule has 0 saturated carbocycles. The highest BCUT2D eigenvalue weighted by Crippen LogP contribution is 2.31. The van der Waals surface area contributed by atoms with E-state index in [1.165, 1.54) is 0 Å². The maximum Gasteiger partial charge on any atom is 0.137 e. The molecule has 1 unspecified atom stereocenters. The molecule has 1 aromatic carbocycles. The average molecular weight is 269 g/mol. The maximum atomic E-state index is 10.5. The molecule has 0 aliphatic heterocycles. The first kappa shape index (κ1) is 12.7. The van der Waals surface area contributed by atoms with Gasteiger partial charge >= 0.3 is 0 Å². The Morgan fingerprint density at radius 2 is 2.15 bits per heavy atom. The summed E-state index contributed by atoms with van der Waals surface area (Å²) in [5.41, 5.74) is 2.18. The van der Waals surface area contributed by atoms with Crippen LogP contribution in [0.25, 0.3) is 11.0 Å². The Balaban J connectivity index is 1.99. The number of ether oxygens (including phenoxy) is 1. The van der Waals surface area contributed by atoms with Gasteiger partial charge in [-0.2, -0.15) is 0 Å². The Kier molecular flexibility index (Phi) is 3.39. The number of aliphatic hydroxyl groups is 1. The summed E-state index contributed by atoms with van der Waals surface area (Å²) in [6.45, 7) is 2.47. The summed E-state index contributed by atoms with van der Waals surface area (Å²) in [4.78, 5) is 4.10. The molecular formula is C16H15NO3. The average Bonchev–Trinajstić information content (AvgIpc) is 2.91. The van der Waals surface area contributed by atoms with E-state index in [0.717, 1.165) is 16.5 Å². The van der Waals surface area contributed by atoms with Crippen molar-refractivity contribution in [3.63, 3.8) is 0 Å². The fourth-order valence-electron chi connectivity index (χ4n) is 2.22. The largest absolute Gasteiger partial charge is 0.492 e. The second kappa shape index (κ2) is 5.35. The molecule has 0 amide bonds. The zero-order valence-corrected chi connectivity index (χ0v) is 11.1. The van der Waals surface area contributed by atoms with Crippen LogP contribution in [-0.4, -0.2) is 16.7 Å². The van der Waals surface area contributed by atoms with Crippen molar-refractivity contribution in [2.24, 2.45) is 0 Å². The summed E-state index contributed by atoms with van der Waals surface area (Å²) < 4.78 is 10.9. The standard InChI is InChI=1S/C16H15NO3/c1-2-19-12-7-11(8-17-9-12)16(18)14-10-20-15-6-4-3-5-13(14)15/h3-10,16,18H,2H2,1H3. The van der Waals surface area contributed by atoms with Crippen LogP contribution in [-0.2, 0) is 0 Å². The van der Waals surface area contributed by atoms with E-state index in [4.69, 9.17) is 9.15 Å². The molecule has 0 spiro atoms. The molecule has 1 atom stereocenters. The van der Waals surface area contributed by atoms with Crippen molar-refractivity contribution in [3.05, 3.63) is 60.1 Å². The molecule has 3 aromatic rings. The van der Waals surface area contributed by atoms with Gasteiger partial charge in [-0.3, -0.25) is 4.98 Å². The number of furan rings is 1. The van der Waals surface area contributed by atoms with Crippen molar-refractivity contribution in [2.45, 2.75) is 13.0 Å². The van der Waals surface area contributed by atoms with Crippen molar-refractivity contribution >= 4 is 11.0 Å². The highest BCUT2D eigenvalue weighted by molar-refractivity contribution is 5.81. The number of fused-ring (bicyclic) bond motifs is 1. The van der Waals surface area contributed by atoms with Gasteiger partial charge in [-0.25, -0.2) is 0 Å². The Morgan fingerprint density at radius 3 is 3.00 bits per heavy atom. The van der Waals surface area contributed by atoms with E-state index in [9.17, 15) is 5.11 Å². The number of benzene rings is 1. The van der Waals surface area contributed by atoms with Gasteiger partial charge in [0, 0.05) is 22.7 Å². The van der Waals surface area contributed by atoms with E-state index in [-0.39, 0.29) is 0 Å². The van der Waals surface area contributed by atoms with Crippen molar-refractivity contribution in [2.75, 3.05) is 6.61 Å². The summed E-state index contributed by atoms with van der Waals surface area (Å²) in [5.74, 6) is 0.650. The van der Waals surface area contributed by atoms with Crippen LogP contribution >= 0.6 is 0 Å². The molecule has 20 heavy (non-hydrogen) atoms. The predicted octanol–water partition coefficient (Wildman–Crippen LogP) is 3.31. The molecule has 0 saturated heterocycles. The van der Waals surface area contributed by atoms with Gasteiger partial charge in [-0.1, -0.05) is 18.2 Å². The van der Waals surface area contributed by atoms with Gasteiger partial charge in [-0.05, 0) is 19.1 Å². The molecule has 0 bridgehead atoms. The molecule has 1 N–H and O–H groups in total. The molecule has 2 heterocycles. The highest BCUT2D eigenvalue weighted by Gasteiger charge is 2.17. The lowest BCUT2D eigenvalue weighted by Gasteiger charge is -2.11. The molecular weight excluding hydrogens is 254 g/mol. The Hall–Kier alpha value is -2.33. The monoisotopic (exact) mass is 269 g/mol. The fourth-order valence-corrected chi connectivity index (χ4v) is 2.22. The van der Waals surface area contributed by atoms with Gasteiger partial charge in [-0.15, -0.1) is 0 Å². The minimum atomic E-state index is -0.786. The number of aromatic nitrogens is 1. The van der Waals surface area contributed by atoms with Crippen LogP contribution in [0.4, 0.5) is 0 Å². The molecule has 3 rings (SSSR count). The van der Waals surface area contributed by atoms with E-state index >= 15 is 0 Å². The smallest absolute Gasteiger partial charge is 0.137 e. The summed E-state index contributed by atoms with van der Waals surface area (Å²) >= 11 is 0. The molecule has 102 valence electrons. The molecule has 2 aromatic heterocycles. The van der Waals surface area contributed by atoms with E-state index < -0.39 is 6.10 Å². The highest BCUT2D eigenvalue weighted by atomic mass is 16.5. The Morgan fingerprint density at radius 1 is 1.30 bits per heavy atom. The first-order chi connectivity index (χ1) is 9.79. The van der Waals surface area contributed by atoms with Crippen LogP contribution in [0.3, 0.4) is 0 Å². The number of rotatable bonds is 4. The van der Waals surface area contributed by atoms with Crippen LogP contribution in [0.2, 0.25) is 0 Å². The Labute approximate surface area is 116 Å². The van der Waals surface area contributed by atoms with Crippen LogP contribution in [0, 0.1) is 0 Å². The van der Waals surface area contributed by atoms with E-state index in [0.29, 0.717) is 17.9 Å². The molecule has 0 aliphatic rings. The van der Waals surface area contributed by atoms with Gasteiger partial charge in [0.1, 0.15) is 17.4 Å². The quantitative estimate of drug-likeness (QED) is 0.789. The third kappa shape index (κ3) is 2.26. The lowest BCUT2D eigenvalue weighted by Crippen LogP contribution is -2.01. The number of para-hydroxylation sites is 1. The lowest BCUT2D eigenvalue weighted by molar-refractivity contribution is 0.219. The van der Waals surface area contributed by atoms with Gasteiger partial charge in [0.2, 0.25) is 0 Å². The van der Waals surface area contributed by atoms with Gasteiger partial charge < -0.3 is 14.3 Å². The van der Waals surface area contributed by atoms with Crippen molar-refractivity contribution in [3.8, 4) is 5.75 Å². The SMILES string of the molecule is CCOc1cncc(C(O)c2coc3ccccc23)c1. The molecule has 0 radical (unpaired) electrons. The van der Waals surface area contributed by atoms with Crippen LogP contribution < -0.4 is 4.74 Å². The summed E-state index contributed by atoms with van der Waals surface area (Å²) in [6.07, 6.45) is 4.07. The summed E-state index contributed by atoms with van der Waals surface area (Å²) in [7, 11) is 0. The molecule has 0 aliphatic carbocycles. The third-order valence-corrected chi connectivity index (χ3v) is 3.17. The number of aliphatic hydroxyl groups excluding tert-OH is 1. The second-order valence-corrected chi connectivity index (χ2v) is 4.48. The first-order valence-corrected chi connectivity index (χ1v) is 6.51. The zero-order chi connectivity index (χ0) is 13.9. The van der Waals surface area contributed by atoms with E-state index in [1.807, 2.05) is 31.2 Å². The van der Waals surface area contributed by atoms with Crippen LogP contribution in [0.5, 0.6) is 5.75 Å². The third-order valence-electron chi connectivity index (χ3n) is 3.17. The number of hydrogen-bond acceptors (Lipinski definition) is 4. The van der Waals surface area contributed by atoms with E-state index in [1.54, 1.807) is 24.7 Å². The van der Waals surface area contributed by atoms with Crippen LogP contribution in [0.1, 0.15) is 24.2 Å². The van der Waals surface area contributed by atoms with Gasteiger partial charge in [0.25, 0.3) is 0 Å². The predicted molar refractivity (Wildman–Crippen MR) is 75.7 cm³/mol. The fraction of sp³-hybridized carbons (Fsp3) is 0.188. The van der Waals surface area contributed by atoms with Crippen molar-refractivity contribution in [1.29, 1.82) is 0 Å². The maximum absolute atomic E-state index is 10.5. The zero-order valence-electron chi connectivity index (χ0n) is 11.1. The van der Waals surface area contributed by atoms with Crippen molar-refractivity contribution < 1.29 is 14.3 Å². The second-order valence-electron chi connectivity index (χ2n) is 4.48. The lowest BCUT2D eigenvalue weighted by atomic mass is 10.0. The summed E-state index contributed by atoms with van der Waals surface area (Å²) in [6, 6.07) is 9.42. The summed E-state index contributed by atoms with van der Waals surface area (Å²) in [5, 5.41) is 11.4. The van der Waals surface area contributed by atoms with Gasteiger partial charge in [0.05, 0.1) is 19.1 Å². The number of hydrogen-bond donors (Lipinski definition) is 1. The normalized spacial score (nSPS) is 12.5. The number of pyridine rings is 1. The molecule has 4 heteroatoms. The minimum Gasteiger partial charge on any atom is -0.492 e. The van der Waals surface area contributed by atoms with Crippen LogP contribution in [0.15, 0.2) is 53.4 Å². The number of nitrogens with zero attached hydrogens (tertiary/aromatic N) is 1.